The van der Waals surface area contributed by atoms with Gasteiger partial charge in [0, 0.05) is 30.3 Å². The number of amides is 2. The summed E-state index contributed by atoms with van der Waals surface area (Å²) in [6.45, 7) is 7.44. The number of carbonyl (C=O) groups is 2. The van der Waals surface area contributed by atoms with Crippen LogP contribution in [0.4, 0.5) is 0 Å². The van der Waals surface area contributed by atoms with E-state index >= 15 is 0 Å². The molecule has 1 aliphatic heterocycles. The summed E-state index contributed by atoms with van der Waals surface area (Å²) >= 11 is 12.5. The summed E-state index contributed by atoms with van der Waals surface area (Å²) in [7, 11) is 0. The predicted octanol–water partition coefficient (Wildman–Crippen LogP) is 4.16. The molecule has 0 radical (unpaired) electrons. The summed E-state index contributed by atoms with van der Waals surface area (Å²) in [5.41, 5.74) is 1.11. The zero-order chi connectivity index (χ0) is 21.7. The third kappa shape index (κ3) is 5.51. The molecule has 0 unspecified atom stereocenters. The maximum absolute atomic E-state index is 12.5. The van der Waals surface area contributed by atoms with Gasteiger partial charge in [-0.25, -0.2) is 0 Å². The van der Waals surface area contributed by atoms with Gasteiger partial charge in [-0.15, -0.1) is 0 Å². The Bertz CT molecular complexity index is 999. The molecule has 2 heterocycles. The fourth-order valence-corrected chi connectivity index (χ4v) is 4.19. The maximum Gasteiger partial charge on any atom is 0.263 e. The van der Waals surface area contributed by atoms with Gasteiger partial charge in [0.2, 0.25) is 0 Å². The molecule has 9 heteroatoms. The summed E-state index contributed by atoms with van der Waals surface area (Å²) in [4.78, 5) is 27.0. The Balaban J connectivity index is 1.73. The van der Waals surface area contributed by atoms with E-state index in [2.05, 4.69) is 29.4 Å². The van der Waals surface area contributed by atoms with Crippen molar-refractivity contribution in [3.63, 3.8) is 0 Å². The zero-order valence-corrected chi connectivity index (χ0v) is 19.0. The predicted molar refractivity (Wildman–Crippen MR) is 126 cm³/mol. The molecule has 3 rings (SSSR count). The molecule has 158 valence electrons. The Morgan fingerprint density at radius 1 is 1.30 bits per heavy atom. The van der Waals surface area contributed by atoms with E-state index in [1.807, 2.05) is 0 Å². The molecule has 0 aliphatic carbocycles. The third-order valence-corrected chi connectivity index (χ3v) is 6.14. The Morgan fingerprint density at radius 3 is 2.73 bits per heavy atom. The quantitative estimate of drug-likeness (QED) is 0.452. The van der Waals surface area contributed by atoms with Crippen LogP contribution in [0.25, 0.3) is 17.4 Å². The second-order valence-electron chi connectivity index (χ2n) is 6.53. The Kier molecular flexibility index (Phi) is 7.71. The van der Waals surface area contributed by atoms with Crippen LogP contribution in [0.2, 0.25) is 5.02 Å². The number of likely N-dealkylation sites (N-methyl/N-ethyl adjacent to an activating group) is 1. The Hall–Kier alpha value is -2.13. The maximum atomic E-state index is 12.5. The highest BCUT2D eigenvalue weighted by atomic mass is 35.5. The lowest BCUT2D eigenvalue weighted by Crippen LogP contribution is -2.34. The first kappa shape index (κ1) is 22.6. The molecule has 1 fully saturated rings. The molecule has 0 saturated carbocycles. The monoisotopic (exact) mass is 463 g/mol. The lowest BCUT2D eigenvalue weighted by molar-refractivity contribution is -0.115. The standard InChI is InChI=1S/C21H22ClN3O3S2/c1-3-25(4-2)10-9-23-19(26)13-5-7-16(22)15(11-13)17-8-6-14(28-17)12-18-20(27)24-21(29)30-18/h5-8,11-12H,3-4,9-10H2,1-2H3,(H,23,26)(H,24,27,29)/b18-12-. The molecular weight excluding hydrogens is 442 g/mol. The van der Waals surface area contributed by atoms with Gasteiger partial charge in [-0.05, 0) is 43.4 Å². The van der Waals surface area contributed by atoms with Crippen molar-refractivity contribution in [1.82, 2.24) is 15.5 Å². The smallest absolute Gasteiger partial charge is 0.263 e. The highest BCUT2D eigenvalue weighted by molar-refractivity contribution is 8.26. The molecule has 6 nitrogen and oxygen atoms in total. The second-order valence-corrected chi connectivity index (χ2v) is 8.66. The fourth-order valence-electron chi connectivity index (χ4n) is 2.95. The molecule has 0 atom stereocenters. The molecule has 1 aliphatic rings. The van der Waals surface area contributed by atoms with E-state index in [0.717, 1.165) is 19.6 Å². The van der Waals surface area contributed by atoms with Gasteiger partial charge in [-0.3, -0.25) is 9.59 Å². The molecule has 2 amide bonds. The molecular formula is C21H22ClN3O3S2. The van der Waals surface area contributed by atoms with Gasteiger partial charge >= 0.3 is 0 Å². The van der Waals surface area contributed by atoms with E-state index < -0.39 is 0 Å². The number of thioether (sulfide) groups is 1. The van der Waals surface area contributed by atoms with E-state index in [-0.39, 0.29) is 11.8 Å². The molecule has 1 aromatic heterocycles. The van der Waals surface area contributed by atoms with Crippen molar-refractivity contribution in [3.05, 3.63) is 51.6 Å². The van der Waals surface area contributed by atoms with Crippen molar-refractivity contribution < 1.29 is 14.0 Å². The van der Waals surface area contributed by atoms with Crippen LogP contribution in [0.1, 0.15) is 30.0 Å². The molecule has 1 aromatic carbocycles. The zero-order valence-electron chi connectivity index (χ0n) is 16.7. The van der Waals surface area contributed by atoms with Crippen molar-refractivity contribution in [2.75, 3.05) is 26.2 Å². The molecule has 0 bridgehead atoms. The average molecular weight is 464 g/mol. The van der Waals surface area contributed by atoms with Crippen molar-refractivity contribution in [3.8, 4) is 11.3 Å². The first-order valence-electron chi connectivity index (χ1n) is 9.56. The number of hydrogen-bond donors (Lipinski definition) is 2. The Labute approximate surface area is 190 Å². The summed E-state index contributed by atoms with van der Waals surface area (Å²) < 4.78 is 6.25. The first-order valence-corrected chi connectivity index (χ1v) is 11.2. The number of carbonyl (C=O) groups excluding carboxylic acids is 2. The molecule has 2 N–H and O–H groups in total. The van der Waals surface area contributed by atoms with Crippen molar-refractivity contribution in [2.24, 2.45) is 0 Å². The first-order chi connectivity index (χ1) is 14.4. The number of thiocarbonyl (C=S) groups is 1. The summed E-state index contributed by atoms with van der Waals surface area (Å²) in [6.07, 6.45) is 1.63. The lowest BCUT2D eigenvalue weighted by Gasteiger charge is -2.18. The number of benzene rings is 1. The number of nitrogens with zero attached hydrogens (tertiary/aromatic N) is 1. The van der Waals surface area contributed by atoms with Crippen molar-refractivity contribution in [2.45, 2.75) is 13.8 Å². The molecule has 30 heavy (non-hydrogen) atoms. The van der Waals surface area contributed by atoms with Crippen LogP contribution in [-0.4, -0.2) is 47.2 Å². The summed E-state index contributed by atoms with van der Waals surface area (Å²) in [6, 6.07) is 8.56. The van der Waals surface area contributed by atoms with Crippen LogP contribution in [0, 0.1) is 0 Å². The van der Waals surface area contributed by atoms with Crippen LogP contribution in [-0.2, 0) is 4.79 Å². The van der Waals surface area contributed by atoms with E-state index in [4.69, 9.17) is 28.2 Å². The molecule has 1 saturated heterocycles. The number of hydrogen-bond acceptors (Lipinski definition) is 6. The number of furan rings is 1. The van der Waals surface area contributed by atoms with E-state index in [1.165, 1.54) is 11.8 Å². The van der Waals surface area contributed by atoms with Gasteiger partial charge in [0.25, 0.3) is 11.8 Å². The number of rotatable bonds is 8. The normalized spacial score (nSPS) is 15.1. The summed E-state index contributed by atoms with van der Waals surface area (Å²) in [5, 5.41) is 5.97. The van der Waals surface area contributed by atoms with Crippen molar-refractivity contribution >= 4 is 57.8 Å². The van der Waals surface area contributed by atoms with E-state index in [1.54, 1.807) is 36.4 Å². The van der Waals surface area contributed by atoms with Crippen molar-refractivity contribution in [1.29, 1.82) is 0 Å². The molecule has 2 aromatic rings. The highest BCUT2D eigenvalue weighted by Crippen LogP contribution is 2.32. The van der Waals surface area contributed by atoms with Crippen LogP contribution >= 0.6 is 35.6 Å². The lowest BCUT2D eigenvalue weighted by atomic mass is 10.1. The second kappa shape index (κ2) is 10.3. The van der Waals surface area contributed by atoms with Crippen LogP contribution in [0.3, 0.4) is 0 Å². The summed E-state index contributed by atoms with van der Waals surface area (Å²) in [5.74, 6) is 0.596. The number of nitrogens with one attached hydrogen (secondary N) is 2. The van der Waals surface area contributed by atoms with E-state index in [9.17, 15) is 9.59 Å². The minimum atomic E-state index is -0.246. The largest absolute Gasteiger partial charge is 0.457 e. The number of halogens is 1. The van der Waals surface area contributed by atoms with Gasteiger partial charge in [0.15, 0.2) is 0 Å². The molecule has 0 spiro atoms. The van der Waals surface area contributed by atoms with Crippen LogP contribution in [0.15, 0.2) is 39.7 Å². The minimum Gasteiger partial charge on any atom is -0.457 e. The van der Waals surface area contributed by atoms with Gasteiger partial charge in [0.1, 0.15) is 15.8 Å². The van der Waals surface area contributed by atoms with Gasteiger partial charge in [0.05, 0.1) is 9.93 Å². The average Bonchev–Trinajstić information content (AvgIpc) is 3.31. The Morgan fingerprint density at radius 2 is 2.07 bits per heavy atom. The van der Waals surface area contributed by atoms with Gasteiger partial charge in [-0.1, -0.05) is 49.4 Å². The topological polar surface area (TPSA) is 74.6 Å². The highest BCUT2D eigenvalue weighted by Gasteiger charge is 2.22. The van der Waals surface area contributed by atoms with Gasteiger partial charge < -0.3 is 20.0 Å². The van der Waals surface area contributed by atoms with Crippen LogP contribution < -0.4 is 10.6 Å². The fraction of sp³-hybridized carbons (Fsp3) is 0.286. The SMILES string of the molecule is CCN(CC)CCNC(=O)c1ccc(Cl)c(-c2ccc(/C=C3\SC(=S)NC3=O)o2)c1. The third-order valence-electron chi connectivity index (χ3n) is 4.64. The van der Waals surface area contributed by atoms with E-state index in [0.29, 0.717) is 43.4 Å². The van der Waals surface area contributed by atoms with Gasteiger partial charge in [-0.2, -0.15) is 0 Å². The van der Waals surface area contributed by atoms with Crippen LogP contribution in [0.5, 0.6) is 0 Å². The minimum absolute atomic E-state index is 0.165.